The summed E-state index contributed by atoms with van der Waals surface area (Å²) in [7, 11) is -3.65. The predicted octanol–water partition coefficient (Wildman–Crippen LogP) is 2.03. The molecule has 1 unspecified atom stereocenters. The highest BCUT2D eigenvalue weighted by Gasteiger charge is 2.35. The van der Waals surface area contributed by atoms with E-state index in [0.29, 0.717) is 25.2 Å². The van der Waals surface area contributed by atoms with E-state index in [2.05, 4.69) is 15.3 Å². The second kappa shape index (κ2) is 6.21. The van der Waals surface area contributed by atoms with Crippen LogP contribution in [0.1, 0.15) is 11.6 Å². The number of hydrogen-bond donors (Lipinski definition) is 1. The van der Waals surface area contributed by atoms with Gasteiger partial charge in [0.15, 0.2) is 0 Å². The van der Waals surface area contributed by atoms with E-state index in [4.69, 9.17) is 0 Å². The molecule has 3 heterocycles. The fourth-order valence-electron chi connectivity index (χ4n) is 3.03. The summed E-state index contributed by atoms with van der Waals surface area (Å²) in [6.45, 7) is 1.61. The van der Waals surface area contributed by atoms with Crippen LogP contribution < -0.4 is 5.32 Å². The number of piperazine rings is 1. The average Bonchev–Trinajstić information content (AvgIpc) is 3.11. The zero-order valence-electron chi connectivity index (χ0n) is 12.8. The van der Waals surface area contributed by atoms with E-state index >= 15 is 0 Å². The van der Waals surface area contributed by atoms with E-state index in [9.17, 15) is 8.42 Å². The molecule has 3 aromatic rings. The minimum absolute atomic E-state index is 0.272. The third-order valence-corrected chi connectivity index (χ3v) is 6.91. The molecule has 0 bridgehead atoms. The van der Waals surface area contributed by atoms with Crippen LogP contribution >= 0.6 is 11.3 Å². The Hall–Kier alpha value is -1.87. The summed E-state index contributed by atoms with van der Waals surface area (Å²) < 4.78 is 29.1. The van der Waals surface area contributed by atoms with Crippen molar-refractivity contribution < 1.29 is 8.42 Å². The lowest BCUT2D eigenvalue weighted by atomic mass is 10.1. The van der Waals surface area contributed by atoms with E-state index in [1.807, 2.05) is 18.2 Å². The van der Waals surface area contributed by atoms with Gasteiger partial charge in [-0.3, -0.25) is 4.98 Å². The smallest absolute Gasteiger partial charge is 0.245 e. The van der Waals surface area contributed by atoms with Crippen LogP contribution in [0.4, 0.5) is 0 Å². The van der Waals surface area contributed by atoms with Gasteiger partial charge in [0.25, 0.3) is 0 Å². The number of aromatic nitrogens is 2. The number of rotatable bonds is 3. The van der Waals surface area contributed by atoms with E-state index in [1.165, 1.54) is 11.3 Å². The molecule has 4 rings (SSSR count). The summed E-state index contributed by atoms with van der Waals surface area (Å²) in [5, 5.41) is 3.27. The lowest BCUT2D eigenvalue weighted by molar-refractivity contribution is 0.271. The fraction of sp³-hybridized carbons (Fsp3) is 0.250. The van der Waals surface area contributed by atoms with Crippen molar-refractivity contribution in [3.63, 3.8) is 0 Å². The molecule has 1 aliphatic heterocycles. The Bertz CT molecular complexity index is 956. The van der Waals surface area contributed by atoms with Gasteiger partial charge in [-0.05, 0) is 23.8 Å². The van der Waals surface area contributed by atoms with Crippen LogP contribution in [0.15, 0.2) is 53.1 Å². The molecule has 0 saturated carbocycles. The van der Waals surface area contributed by atoms with Crippen molar-refractivity contribution in [3.8, 4) is 0 Å². The van der Waals surface area contributed by atoms with Gasteiger partial charge in [0.05, 0.1) is 16.3 Å². The second-order valence-corrected chi connectivity index (χ2v) is 8.32. The van der Waals surface area contributed by atoms with Gasteiger partial charge in [-0.25, -0.2) is 13.4 Å². The number of pyridine rings is 1. The van der Waals surface area contributed by atoms with Gasteiger partial charge in [-0.15, -0.1) is 11.3 Å². The molecule has 1 aromatic carbocycles. The third-order valence-electron chi connectivity index (χ3n) is 4.17. The van der Waals surface area contributed by atoms with Crippen LogP contribution in [0, 0.1) is 0 Å². The first-order chi connectivity index (χ1) is 11.7. The number of thiazole rings is 1. The lowest BCUT2D eigenvalue weighted by Gasteiger charge is -2.35. The molecule has 24 heavy (non-hydrogen) atoms. The Morgan fingerprint density at radius 2 is 2.17 bits per heavy atom. The molecule has 1 aliphatic rings. The van der Waals surface area contributed by atoms with E-state index < -0.39 is 10.0 Å². The molecule has 1 N–H and O–H groups in total. The first-order valence-corrected chi connectivity index (χ1v) is 9.94. The third kappa shape index (κ3) is 2.61. The molecule has 6 nitrogen and oxygen atoms in total. The van der Waals surface area contributed by atoms with Crippen LogP contribution in [-0.4, -0.2) is 42.3 Å². The Balaban J connectivity index is 1.81. The Labute approximate surface area is 144 Å². The summed E-state index contributed by atoms with van der Waals surface area (Å²) >= 11 is 1.45. The zero-order valence-corrected chi connectivity index (χ0v) is 14.4. The summed E-state index contributed by atoms with van der Waals surface area (Å²) in [5.74, 6) is 0. The average molecular weight is 360 g/mol. The fourth-order valence-corrected chi connectivity index (χ4v) is 5.57. The van der Waals surface area contributed by atoms with Crippen molar-refractivity contribution in [2.24, 2.45) is 0 Å². The number of nitrogens with one attached hydrogen (secondary N) is 1. The molecule has 8 heteroatoms. The highest BCUT2D eigenvalue weighted by molar-refractivity contribution is 7.89. The predicted molar refractivity (Wildman–Crippen MR) is 93.4 cm³/mol. The number of benzene rings is 1. The van der Waals surface area contributed by atoms with Crippen LogP contribution in [0.25, 0.3) is 10.2 Å². The largest absolute Gasteiger partial charge is 0.313 e. The molecule has 0 radical (unpaired) electrons. The van der Waals surface area contributed by atoms with Crippen molar-refractivity contribution >= 4 is 31.6 Å². The zero-order chi connectivity index (χ0) is 16.6. The van der Waals surface area contributed by atoms with Crippen molar-refractivity contribution in [3.05, 3.63) is 53.8 Å². The SMILES string of the molecule is O=S(=O)(c1cccc2scnc12)N1CCNCC1c1cccnc1. The van der Waals surface area contributed by atoms with Crippen molar-refractivity contribution in [2.45, 2.75) is 10.9 Å². The number of fused-ring (bicyclic) bond motifs is 1. The summed E-state index contributed by atoms with van der Waals surface area (Å²) in [6, 6.07) is 8.77. The molecule has 0 spiro atoms. The monoisotopic (exact) mass is 360 g/mol. The Kier molecular flexibility index (Phi) is 4.05. The maximum absolute atomic E-state index is 13.3. The topological polar surface area (TPSA) is 75.2 Å². The molecular formula is C16H16N4O2S2. The summed E-state index contributed by atoms with van der Waals surface area (Å²) in [5.41, 5.74) is 3.12. The molecule has 0 amide bonds. The van der Waals surface area contributed by atoms with Crippen LogP contribution in [-0.2, 0) is 10.0 Å². The van der Waals surface area contributed by atoms with Crippen molar-refractivity contribution in [1.82, 2.24) is 19.6 Å². The standard InChI is InChI=1S/C16H16N4O2S2/c21-24(22,15-5-1-4-14-16(15)19-11-23-14)20-8-7-18-10-13(20)12-3-2-6-17-9-12/h1-6,9,11,13,18H,7-8,10H2. The van der Waals surface area contributed by atoms with Gasteiger partial charge in [-0.1, -0.05) is 12.1 Å². The van der Waals surface area contributed by atoms with Crippen LogP contribution in [0.2, 0.25) is 0 Å². The summed E-state index contributed by atoms with van der Waals surface area (Å²) in [4.78, 5) is 8.67. The maximum Gasteiger partial charge on any atom is 0.245 e. The molecule has 1 fully saturated rings. The first kappa shape index (κ1) is 15.6. The van der Waals surface area contributed by atoms with E-state index in [0.717, 1.165) is 10.3 Å². The van der Waals surface area contributed by atoms with Gasteiger partial charge >= 0.3 is 0 Å². The number of nitrogens with zero attached hydrogens (tertiary/aromatic N) is 3. The highest BCUT2D eigenvalue weighted by Crippen LogP contribution is 2.32. The van der Waals surface area contributed by atoms with Gasteiger partial charge in [0.2, 0.25) is 10.0 Å². The van der Waals surface area contributed by atoms with Crippen molar-refractivity contribution in [1.29, 1.82) is 0 Å². The quantitative estimate of drug-likeness (QED) is 0.773. The minimum Gasteiger partial charge on any atom is -0.313 e. The summed E-state index contributed by atoms with van der Waals surface area (Å²) in [6.07, 6.45) is 3.41. The number of sulfonamides is 1. The lowest BCUT2D eigenvalue weighted by Crippen LogP contribution is -2.48. The second-order valence-electron chi connectivity index (χ2n) is 5.58. The Morgan fingerprint density at radius 3 is 3.00 bits per heavy atom. The highest BCUT2D eigenvalue weighted by atomic mass is 32.2. The first-order valence-electron chi connectivity index (χ1n) is 7.62. The van der Waals surface area contributed by atoms with Gasteiger partial charge in [0.1, 0.15) is 10.4 Å². The molecule has 0 aliphatic carbocycles. The number of hydrogen-bond acceptors (Lipinski definition) is 6. The molecule has 1 atom stereocenters. The number of para-hydroxylation sites is 1. The van der Waals surface area contributed by atoms with E-state index in [-0.39, 0.29) is 10.9 Å². The van der Waals surface area contributed by atoms with Gasteiger partial charge < -0.3 is 5.32 Å². The minimum atomic E-state index is -3.65. The maximum atomic E-state index is 13.3. The molecule has 1 saturated heterocycles. The molecule has 124 valence electrons. The van der Waals surface area contributed by atoms with Crippen molar-refractivity contribution in [2.75, 3.05) is 19.6 Å². The Morgan fingerprint density at radius 1 is 1.25 bits per heavy atom. The molecule has 2 aromatic heterocycles. The van der Waals surface area contributed by atoms with Crippen LogP contribution in [0.5, 0.6) is 0 Å². The van der Waals surface area contributed by atoms with E-state index in [1.54, 1.807) is 34.3 Å². The van der Waals surface area contributed by atoms with Crippen LogP contribution in [0.3, 0.4) is 0 Å². The molecular weight excluding hydrogens is 344 g/mol. The van der Waals surface area contributed by atoms with Gasteiger partial charge in [-0.2, -0.15) is 4.31 Å². The van der Waals surface area contributed by atoms with Gasteiger partial charge in [0, 0.05) is 32.0 Å². The normalized spacial score (nSPS) is 19.6.